The standard InChI is InChI=1S/C23H36N2O2/c1-3-25(23(26)22-10-6-7-17-27-22)18-20-11-14-24(15-12-20)16-13-21-9-5-4-8-19(21)2/h4-5,8-9,20,22H,3,6-7,10-18H2,1-2H3. The van der Waals surface area contributed by atoms with E-state index in [0.29, 0.717) is 5.92 Å². The molecule has 3 rings (SSSR count). The first kappa shape index (κ1) is 20.3. The van der Waals surface area contributed by atoms with Crippen LogP contribution in [-0.2, 0) is 16.0 Å². The molecule has 2 fully saturated rings. The minimum Gasteiger partial charge on any atom is -0.368 e. The zero-order valence-electron chi connectivity index (χ0n) is 17.2. The van der Waals surface area contributed by atoms with E-state index in [1.165, 1.54) is 24.0 Å². The molecule has 4 heteroatoms. The lowest BCUT2D eigenvalue weighted by Crippen LogP contribution is -2.46. The van der Waals surface area contributed by atoms with E-state index < -0.39 is 0 Å². The summed E-state index contributed by atoms with van der Waals surface area (Å²) in [6.07, 6.45) is 6.45. The van der Waals surface area contributed by atoms with Gasteiger partial charge in [0.25, 0.3) is 5.91 Å². The summed E-state index contributed by atoms with van der Waals surface area (Å²) in [5.41, 5.74) is 2.87. The third-order valence-electron chi connectivity index (χ3n) is 6.29. The van der Waals surface area contributed by atoms with E-state index >= 15 is 0 Å². The lowest BCUT2D eigenvalue weighted by Gasteiger charge is -2.36. The van der Waals surface area contributed by atoms with Crippen molar-refractivity contribution in [2.45, 2.75) is 58.5 Å². The maximum absolute atomic E-state index is 12.7. The Morgan fingerprint density at radius 1 is 1.19 bits per heavy atom. The fourth-order valence-corrected chi connectivity index (χ4v) is 4.39. The number of amides is 1. The van der Waals surface area contributed by atoms with Crippen LogP contribution >= 0.6 is 0 Å². The maximum Gasteiger partial charge on any atom is 0.251 e. The first-order valence-corrected chi connectivity index (χ1v) is 10.8. The molecular formula is C23H36N2O2. The van der Waals surface area contributed by atoms with E-state index in [4.69, 9.17) is 4.74 Å². The number of likely N-dealkylation sites (N-methyl/N-ethyl adjacent to an activating group) is 1. The summed E-state index contributed by atoms with van der Waals surface area (Å²) >= 11 is 0. The summed E-state index contributed by atoms with van der Waals surface area (Å²) in [5, 5.41) is 0. The third-order valence-corrected chi connectivity index (χ3v) is 6.29. The molecule has 2 saturated heterocycles. The maximum atomic E-state index is 12.7. The van der Waals surface area contributed by atoms with Gasteiger partial charge in [-0.25, -0.2) is 0 Å². The topological polar surface area (TPSA) is 32.8 Å². The molecule has 0 radical (unpaired) electrons. The molecule has 0 saturated carbocycles. The van der Waals surface area contributed by atoms with Crippen LogP contribution in [0.1, 0.15) is 50.2 Å². The second-order valence-electron chi connectivity index (χ2n) is 8.19. The van der Waals surface area contributed by atoms with Crippen LogP contribution in [0, 0.1) is 12.8 Å². The van der Waals surface area contributed by atoms with Crippen LogP contribution in [0.4, 0.5) is 0 Å². The van der Waals surface area contributed by atoms with Crippen molar-refractivity contribution in [1.82, 2.24) is 9.80 Å². The Hall–Kier alpha value is -1.39. The van der Waals surface area contributed by atoms with Crippen molar-refractivity contribution in [3.63, 3.8) is 0 Å². The third kappa shape index (κ3) is 5.79. The van der Waals surface area contributed by atoms with Gasteiger partial charge < -0.3 is 14.5 Å². The van der Waals surface area contributed by atoms with Gasteiger partial charge in [0.1, 0.15) is 6.10 Å². The van der Waals surface area contributed by atoms with Gasteiger partial charge in [0.15, 0.2) is 0 Å². The zero-order chi connectivity index (χ0) is 19.1. The molecule has 0 spiro atoms. The average Bonchev–Trinajstić information content (AvgIpc) is 2.72. The van der Waals surface area contributed by atoms with Crippen molar-refractivity contribution in [2.24, 2.45) is 5.92 Å². The monoisotopic (exact) mass is 372 g/mol. The van der Waals surface area contributed by atoms with E-state index in [2.05, 4.69) is 43.0 Å². The highest BCUT2D eigenvalue weighted by Gasteiger charge is 2.29. The number of benzene rings is 1. The second-order valence-corrected chi connectivity index (χ2v) is 8.19. The van der Waals surface area contributed by atoms with Crippen molar-refractivity contribution in [2.75, 3.05) is 39.3 Å². The van der Waals surface area contributed by atoms with Gasteiger partial charge >= 0.3 is 0 Å². The van der Waals surface area contributed by atoms with Gasteiger partial charge in [0, 0.05) is 26.2 Å². The van der Waals surface area contributed by atoms with E-state index in [9.17, 15) is 4.79 Å². The Morgan fingerprint density at radius 2 is 1.96 bits per heavy atom. The molecule has 4 nitrogen and oxygen atoms in total. The highest BCUT2D eigenvalue weighted by atomic mass is 16.5. The van der Waals surface area contributed by atoms with E-state index in [1.54, 1.807) is 0 Å². The zero-order valence-corrected chi connectivity index (χ0v) is 17.2. The molecule has 0 aliphatic carbocycles. The van der Waals surface area contributed by atoms with Gasteiger partial charge in [-0.1, -0.05) is 24.3 Å². The van der Waals surface area contributed by atoms with Gasteiger partial charge in [-0.3, -0.25) is 4.79 Å². The number of carbonyl (C=O) groups is 1. The summed E-state index contributed by atoms with van der Waals surface area (Å²) < 4.78 is 5.71. The highest BCUT2D eigenvalue weighted by molar-refractivity contribution is 5.81. The predicted molar refractivity (Wildman–Crippen MR) is 110 cm³/mol. The number of likely N-dealkylation sites (tertiary alicyclic amines) is 1. The predicted octanol–water partition coefficient (Wildman–Crippen LogP) is 3.67. The van der Waals surface area contributed by atoms with Gasteiger partial charge in [-0.15, -0.1) is 0 Å². The normalized spacial score (nSPS) is 21.9. The molecular weight excluding hydrogens is 336 g/mol. The lowest BCUT2D eigenvalue weighted by atomic mass is 9.95. The van der Waals surface area contributed by atoms with Crippen LogP contribution in [0.2, 0.25) is 0 Å². The number of piperidine rings is 1. The number of ether oxygens (including phenoxy) is 1. The summed E-state index contributed by atoms with van der Waals surface area (Å²) in [7, 11) is 0. The molecule has 2 aliphatic rings. The summed E-state index contributed by atoms with van der Waals surface area (Å²) in [4.78, 5) is 17.4. The number of nitrogens with zero attached hydrogens (tertiary/aromatic N) is 2. The number of carbonyl (C=O) groups excluding carboxylic acids is 1. The molecule has 0 bridgehead atoms. The molecule has 150 valence electrons. The molecule has 2 heterocycles. The second kappa shape index (κ2) is 10.2. The summed E-state index contributed by atoms with van der Waals surface area (Å²) in [5.74, 6) is 0.853. The smallest absolute Gasteiger partial charge is 0.251 e. The Balaban J connectivity index is 1.41. The van der Waals surface area contributed by atoms with Crippen molar-refractivity contribution in [1.29, 1.82) is 0 Å². The summed E-state index contributed by atoms with van der Waals surface area (Å²) in [6.45, 7) is 10.2. The fourth-order valence-electron chi connectivity index (χ4n) is 4.39. The van der Waals surface area contributed by atoms with Crippen LogP contribution in [0.25, 0.3) is 0 Å². The van der Waals surface area contributed by atoms with E-state index in [0.717, 1.165) is 65.0 Å². The SMILES string of the molecule is CCN(CC1CCN(CCc2ccccc2C)CC1)C(=O)C1CCCCO1. The molecule has 1 aromatic rings. The molecule has 2 aliphatic heterocycles. The van der Waals surface area contributed by atoms with Crippen molar-refractivity contribution < 1.29 is 9.53 Å². The molecule has 1 aromatic carbocycles. The Kier molecular flexibility index (Phi) is 7.71. The Morgan fingerprint density at radius 3 is 2.63 bits per heavy atom. The van der Waals surface area contributed by atoms with Gasteiger partial charge in [-0.05, 0) is 82.5 Å². The lowest BCUT2D eigenvalue weighted by molar-refractivity contribution is -0.147. The largest absolute Gasteiger partial charge is 0.368 e. The minimum atomic E-state index is -0.187. The van der Waals surface area contributed by atoms with Gasteiger partial charge in [0.2, 0.25) is 0 Å². The van der Waals surface area contributed by atoms with Gasteiger partial charge in [-0.2, -0.15) is 0 Å². The molecule has 0 aromatic heterocycles. The van der Waals surface area contributed by atoms with Crippen LogP contribution in [0.3, 0.4) is 0 Å². The quantitative estimate of drug-likeness (QED) is 0.732. The number of aryl methyl sites for hydroxylation is 1. The number of hydrogen-bond acceptors (Lipinski definition) is 3. The first-order chi connectivity index (χ1) is 13.2. The van der Waals surface area contributed by atoms with Crippen molar-refractivity contribution in [3.05, 3.63) is 35.4 Å². The molecule has 1 amide bonds. The van der Waals surface area contributed by atoms with Crippen LogP contribution in [0.15, 0.2) is 24.3 Å². The molecule has 0 N–H and O–H groups in total. The minimum absolute atomic E-state index is 0.187. The Labute approximate surface area is 164 Å². The van der Waals surface area contributed by atoms with Crippen molar-refractivity contribution in [3.8, 4) is 0 Å². The number of hydrogen-bond donors (Lipinski definition) is 0. The first-order valence-electron chi connectivity index (χ1n) is 10.8. The average molecular weight is 373 g/mol. The van der Waals surface area contributed by atoms with Gasteiger partial charge in [0.05, 0.1) is 0 Å². The number of rotatable bonds is 7. The van der Waals surface area contributed by atoms with E-state index in [-0.39, 0.29) is 12.0 Å². The highest BCUT2D eigenvalue weighted by Crippen LogP contribution is 2.21. The Bertz CT molecular complexity index is 590. The van der Waals surface area contributed by atoms with Crippen LogP contribution in [0.5, 0.6) is 0 Å². The molecule has 1 unspecified atom stereocenters. The fraction of sp³-hybridized carbons (Fsp3) is 0.696. The molecule has 1 atom stereocenters. The van der Waals surface area contributed by atoms with Crippen LogP contribution in [-0.4, -0.2) is 61.1 Å². The molecule has 27 heavy (non-hydrogen) atoms. The van der Waals surface area contributed by atoms with Crippen molar-refractivity contribution >= 4 is 5.91 Å². The van der Waals surface area contributed by atoms with E-state index in [1.807, 2.05) is 4.90 Å². The summed E-state index contributed by atoms with van der Waals surface area (Å²) in [6, 6.07) is 8.71. The van der Waals surface area contributed by atoms with Crippen LogP contribution < -0.4 is 0 Å².